The summed E-state index contributed by atoms with van der Waals surface area (Å²) in [6, 6.07) is 0. The smallest absolute Gasteiger partial charge is 0.303 e. The summed E-state index contributed by atoms with van der Waals surface area (Å²) < 4.78 is 0. The molecule has 4 radical (unpaired) electrons. The fourth-order valence-electron chi connectivity index (χ4n) is 0.880. The van der Waals surface area contributed by atoms with Crippen molar-refractivity contribution in [1.29, 1.82) is 0 Å². The average molecular weight is 156 g/mol. The number of aliphatic carboxylic acids is 1. The first-order valence-corrected chi connectivity index (χ1v) is 3.99. The predicted molar refractivity (Wildman–Crippen MR) is 44.3 cm³/mol. The average Bonchev–Trinajstić information content (AvgIpc) is 1.87. The van der Waals surface area contributed by atoms with Crippen LogP contribution in [0, 0.1) is 7.43 Å². The molecule has 0 aromatic carbocycles. The van der Waals surface area contributed by atoms with E-state index in [1.807, 2.05) is 0 Å². The van der Waals surface area contributed by atoms with E-state index < -0.39 is 5.97 Å². The largest absolute Gasteiger partial charge is 0.481 e. The third-order valence-corrected chi connectivity index (χ3v) is 1.49. The standard InChI is InChI=1S/C8H16O2.C/c1-2-3-4-5-6-7-8(9)10;/h2-7H2,1H3,(H,9,10);. The maximum absolute atomic E-state index is 10.0. The monoisotopic (exact) mass is 156 g/mol. The first-order chi connectivity index (χ1) is 4.77. The molecule has 11 heavy (non-hydrogen) atoms. The molecule has 0 aromatic rings. The maximum Gasteiger partial charge on any atom is 0.303 e. The van der Waals surface area contributed by atoms with Crippen LogP contribution >= 0.6 is 0 Å². The van der Waals surface area contributed by atoms with Gasteiger partial charge < -0.3 is 5.11 Å². The Morgan fingerprint density at radius 3 is 2.18 bits per heavy atom. The first-order valence-electron chi connectivity index (χ1n) is 3.99. The van der Waals surface area contributed by atoms with Crippen LogP contribution in [0.2, 0.25) is 0 Å². The molecule has 0 amide bonds. The molecule has 0 aliphatic carbocycles. The number of hydrogen-bond acceptors (Lipinski definition) is 1. The Morgan fingerprint density at radius 2 is 1.73 bits per heavy atom. The molecule has 0 unspecified atom stereocenters. The van der Waals surface area contributed by atoms with E-state index in [0.29, 0.717) is 6.42 Å². The second kappa shape index (κ2) is 9.47. The van der Waals surface area contributed by atoms with Gasteiger partial charge in [-0.3, -0.25) is 4.79 Å². The van der Waals surface area contributed by atoms with Crippen molar-refractivity contribution in [3.05, 3.63) is 7.43 Å². The number of rotatable bonds is 6. The number of carboxylic acids is 1. The molecule has 64 valence electrons. The van der Waals surface area contributed by atoms with Crippen molar-refractivity contribution < 1.29 is 9.90 Å². The molecule has 0 heterocycles. The SMILES string of the molecule is CCCCCCCC(=O)O.[C]. The van der Waals surface area contributed by atoms with Gasteiger partial charge in [0.05, 0.1) is 0 Å². The van der Waals surface area contributed by atoms with Crippen molar-refractivity contribution in [3.8, 4) is 0 Å². The molecule has 0 rings (SSSR count). The summed E-state index contributed by atoms with van der Waals surface area (Å²) in [6.07, 6.45) is 5.88. The second-order valence-corrected chi connectivity index (χ2v) is 2.56. The van der Waals surface area contributed by atoms with Crippen LogP contribution in [0.15, 0.2) is 0 Å². The summed E-state index contributed by atoms with van der Waals surface area (Å²) in [6.45, 7) is 2.15. The van der Waals surface area contributed by atoms with Gasteiger partial charge in [-0.25, -0.2) is 0 Å². The third-order valence-electron chi connectivity index (χ3n) is 1.49. The van der Waals surface area contributed by atoms with Crippen LogP contribution in [0.5, 0.6) is 0 Å². The van der Waals surface area contributed by atoms with Gasteiger partial charge in [0.1, 0.15) is 0 Å². The minimum Gasteiger partial charge on any atom is -0.481 e. The highest BCUT2D eigenvalue weighted by Gasteiger charge is 1.94. The molecule has 2 nitrogen and oxygen atoms in total. The van der Waals surface area contributed by atoms with E-state index in [1.165, 1.54) is 19.3 Å². The Bertz CT molecular complexity index is 89.6. The normalized spacial score (nSPS) is 8.82. The molecule has 0 aliphatic rings. The highest BCUT2D eigenvalue weighted by Crippen LogP contribution is 2.04. The Morgan fingerprint density at radius 1 is 1.18 bits per heavy atom. The minimum atomic E-state index is -0.670. The lowest BCUT2D eigenvalue weighted by Crippen LogP contribution is -1.93. The minimum absolute atomic E-state index is 0. The molecule has 0 bridgehead atoms. The van der Waals surface area contributed by atoms with Gasteiger partial charge in [0, 0.05) is 13.8 Å². The Labute approximate surface area is 69.6 Å². The lowest BCUT2D eigenvalue weighted by molar-refractivity contribution is -0.137. The van der Waals surface area contributed by atoms with E-state index in [0.717, 1.165) is 12.8 Å². The van der Waals surface area contributed by atoms with Crippen LogP contribution in [0.25, 0.3) is 0 Å². The van der Waals surface area contributed by atoms with E-state index >= 15 is 0 Å². The van der Waals surface area contributed by atoms with Crippen LogP contribution in [-0.4, -0.2) is 11.1 Å². The number of hydrogen-bond donors (Lipinski definition) is 1. The second-order valence-electron chi connectivity index (χ2n) is 2.56. The van der Waals surface area contributed by atoms with E-state index in [1.54, 1.807) is 0 Å². The summed E-state index contributed by atoms with van der Waals surface area (Å²) in [5, 5.41) is 8.27. The highest BCUT2D eigenvalue weighted by atomic mass is 16.4. The van der Waals surface area contributed by atoms with E-state index in [-0.39, 0.29) is 7.43 Å². The van der Waals surface area contributed by atoms with Crippen molar-refractivity contribution >= 4 is 5.97 Å². The maximum atomic E-state index is 10.0. The number of unbranched alkanes of at least 4 members (excludes halogenated alkanes) is 4. The van der Waals surface area contributed by atoms with Crippen LogP contribution in [-0.2, 0) is 4.79 Å². The van der Waals surface area contributed by atoms with Crippen LogP contribution in [0.3, 0.4) is 0 Å². The molecule has 0 aliphatic heterocycles. The highest BCUT2D eigenvalue weighted by molar-refractivity contribution is 5.66. The molecule has 0 fully saturated rings. The Kier molecular flexibility index (Phi) is 11.3. The Hall–Kier alpha value is -0.530. The molecule has 0 saturated heterocycles. The topological polar surface area (TPSA) is 37.3 Å². The van der Waals surface area contributed by atoms with Crippen molar-refractivity contribution in [2.24, 2.45) is 0 Å². The summed E-state index contributed by atoms with van der Waals surface area (Å²) in [4.78, 5) is 10.0. The molecule has 2 heteroatoms. The summed E-state index contributed by atoms with van der Waals surface area (Å²) in [5.41, 5.74) is 0. The van der Waals surface area contributed by atoms with Gasteiger partial charge in [0.15, 0.2) is 0 Å². The lowest BCUT2D eigenvalue weighted by Gasteiger charge is -1.95. The van der Waals surface area contributed by atoms with Crippen molar-refractivity contribution in [2.45, 2.75) is 45.4 Å². The molecule has 0 saturated carbocycles. The fraction of sp³-hybridized carbons (Fsp3) is 0.778. The molecule has 1 N–H and O–H groups in total. The van der Waals surface area contributed by atoms with E-state index in [9.17, 15) is 4.79 Å². The molecule has 0 aromatic heterocycles. The van der Waals surface area contributed by atoms with Crippen LogP contribution in [0.1, 0.15) is 45.4 Å². The molecular weight excluding hydrogens is 140 g/mol. The van der Waals surface area contributed by atoms with Crippen molar-refractivity contribution in [1.82, 2.24) is 0 Å². The third kappa shape index (κ3) is 12.6. The Balaban J connectivity index is 0. The van der Waals surface area contributed by atoms with Crippen molar-refractivity contribution in [2.75, 3.05) is 0 Å². The summed E-state index contributed by atoms with van der Waals surface area (Å²) in [7, 11) is 0. The van der Waals surface area contributed by atoms with Gasteiger partial charge in [-0.05, 0) is 6.42 Å². The summed E-state index contributed by atoms with van der Waals surface area (Å²) >= 11 is 0. The first kappa shape index (κ1) is 13.1. The molecule has 0 atom stereocenters. The lowest BCUT2D eigenvalue weighted by atomic mass is 10.1. The van der Waals surface area contributed by atoms with Gasteiger partial charge in [0.2, 0.25) is 0 Å². The predicted octanol–water partition coefficient (Wildman–Crippen LogP) is 2.51. The van der Waals surface area contributed by atoms with E-state index in [2.05, 4.69) is 6.92 Å². The zero-order chi connectivity index (χ0) is 7.82. The van der Waals surface area contributed by atoms with Gasteiger partial charge >= 0.3 is 5.97 Å². The van der Waals surface area contributed by atoms with Gasteiger partial charge in [-0.15, -0.1) is 0 Å². The molecule has 0 spiro atoms. The van der Waals surface area contributed by atoms with Crippen LogP contribution in [0.4, 0.5) is 0 Å². The zero-order valence-electron chi connectivity index (χ0n) is 7.10. The van der Waals surface area contributed by atoms with Crippen LogP contribution < -0.4 is 0 Å². The quantitative estimate of drug-likeness (QED) is 0.600. The summed E-state index contributed by atoms with van der Waals surface area (Å²) in [5.74, 6) is -0.670. The van der Waals surface area contributed by atoms with Gasteiger partial charge in [0.25, 0.3) is 0 Å². The van der Waals surface area contributed by atoms with Gasteiger partial charge in [-0.1, -0.05) is 32.6 Å². The van der Waals surface area contributed by atoms with E-state index in [4.69, 9.17) is 5.11 Å². The fourth-order valence-corrected chi connectivity index (χ4v) is 0.880. The molecular formula is C9H16O2. The van der Waals surface area contributed by atoms with Gasteiger partial charge in [-0.2, -0.15) is 0 Å². The van der Waals surface area contributed by atoms with Crippen molar-refractivity contribution in [3.63, 3.8) is 0 Å². The number of carbonyl (C=O) groups is 1. The zero-order valence-corrected chi connectivity index (χ0v) is 7.10. The number of carboxylic acid groups (broad SMARTS) is 1.